The highest BCUT2D eigenvalue weighted by atomic mass is 19.1. The summed E-state index contributed by atoms with van der Waals surface area (Å²) in [5.74, 6) is -0.152. The van der Waals surface area contributed by atoms with Crippen LogP contribution in [-0.4, -0.2) is 49.6 Å². The SMILES string of the molecule is Cc1cc(C(CN)N(C)CC2(N(C)C)CCC2)ccc1F. The fraction of sp³-hybridized carbons (Fsp3) is 0.647. The molecule has 2 rings (SSSR count). The maximum absolute atomic E-state index is 13.5. The van der Waals surface area contributed by atoms with E-state index in [1.165, 1.54) is 19.3 Å². The molecular weight excluding hydrogens is 265 g/mol. The third-order valence-corrected chi connectivity index (χ3v) is 5.10. The minimum atomic E-state index is -0.152. The van der Waals surface area contributed by atoms with E-state index in [4.69, 9.17) is 5.73 Å². The van der Waals surface area contributed by atoms with E-state index in [9.17, 15) is 4.39 Å². The van der Waals surface area contributed by atoms with Gasteiger partial charge in [0, 0.05) is 24.7 Å². The van der Waals surface area contributed by atoms with E-state index in [2.05, 4.69) is 30.9 Å². The molecule has 2 N–H and O–H groups in total. The normalized spacial score (nSPS) is 18.9. The lowest BCUT2D eigenvalue weighted by molar-refractivity contribution is 0.0168. The molecule has 1 fully saturated rings. The van der Waals surface area contributed by atoms with Crippen molar-refractivity contribution < 1.29 is 4.39 Å². The first kappa shape index (κ1) is 16.4. The molecule has 0 saturated heterocycles. The van der Waals surface area contributed by atoms with E-state index in [-0.39, 0.29) is 17.4 Å². The fourth-order valence-electron chi connectivity index (χ4n) is 3.35. The molecule has 1 unspecified atom stereocenters. The second-order valence-corrected chi connectivity index (χ2v) is 6.65. The Morgan fingerprint density at radius 3 is 2.38 bits per heavy atom. The summed E-state index contributed by atoms with van der Waals surface area (Å²) in [6, 6.07) is 5.47. The van der Waals surface area contributed by atoms with Crippen LogP contribution in [0.4, 0.5) is 4.39 Å². The predicted octanol–water partition coefficient (Wildman–Crippen LogP) is 2.55. The van der Waals surface area contributed by atoms with Crippen molar-refractivity contribution >= 4 is 0 Å². The minimum Gasteiger partial charge on any atom is -0.329 e. The van der Waals surface area contributed by atoms with Gasteiger partial charge in [-0.3, -0.25) is 4.90 Å². The van der Waals surface area contributed by atoms with Crippen molar-refractivity contribution in [2.75, 3.05) is 34.2 Å². The van der Waals surface area contributed by atoms with E-state index >= 15 is 0 Å². The second kappa shape index (κ2) is 6.42. The van der Waals surface area contributed by atoms with E-state index in [0.717, 1.165) is 12.1 Å². The average molecular weight is 293 g/mol. The Kier molecular flexibility index (Phi) is 5.02. The molecule has 1 aromatic carbocycles. The number of hydrogen-bond acceptors (Lipinski definition) is 3. The zero-order valence-electron chi connectivity index (χ0n) is 13.7. The van der Waals surface area contributed by atoms with Gasteiger partial charge in [-0.25, -0.2) is 4.39 Å². The Hall–Kier alpha value is -0.970. The number of likely N-dealkylation sites (N-methyl/N-ethyl adjacent to an activating group) is 2. The topological polar surface area (TPSA) is 32.5 Å². The van der Waals surface area contributed by atoms with Gasteiger partial charge in [-0.1, -0.05) is 12.1 Å². The maximum Gasteiger partial charge on any atom is 0.126 e. The van der Waals surface area contributed by atoms with E-state index in [1.807, 2.05) is 12.1 Å². The molecule has 118 valence electrons. The fourth-order valence-corrected chi connectivity index (χ4v) is 3.35. The van der Waals surface area contributed by atoms with E-state index < -0.39 is 0 Å². The lowest BCUT2D eigenvalue weighted by atomic mass is 9.75. The van der Waals surface area contributed by atoms with Crippen molar-refractivity contribution in [3.8, 4) is 0 Å². The lowest BCUT2D eigenvalue weighted by Crippen LogP contribution is -2.57. The third-order valence-electron chi connectivity index (χ3n) is 5.10. The van der Waals surface area contributed by atoms with Gasteiger partial charge in [0.15, 0.2) is 0 Å². The average Bonchev–Trinajstić information content (AvgIpc) is 2.38. The third kappa shape index (κ3) is 3.28. The lowest BCUT2D eigenvalue weighted by Gasteiger charge is -2.50. The number of halogens is 1. The number of aryl methyl sites for hydroxylation is 1. The zero-order chi connectivity index (χ0) is 15.6. The van der Waals surface area contributed by atoms with Crippen LogP contribution in [0.2, 0.25) is 0 Å². The molecule has 0 radical (unpaired) electrons. The van der Waals surface area contributed by atoms with Crippen LogP contribution in [0.5, 0.6) is 0 Å². The highest BCUT2D eigenvalue weighted by molar-refractivity contribution is 5.27. The highest BCUT2D eigenvalue weighted by Gasteiger charge is 2.40. The van der Waals surface area contributed by atoms with Crippen molar-refractivity contribution in [2.45, 2.75) is 37.8 Å². The summed E-state index contributed by atoms with van der Waals surface area (Å²) < 4.78 is 13.5. The molecule has 4 heteroatoms. The standard InChI is InChI=1S/C17H28FN3/c1-13-10-14(6-7-15(13)18)16(11-19)21(4)12-17(20(2)3)8-5-9-17/h6-7,10,16H,5,8-9,11-12,19H2,1-4H3. The summed E-state index contributed by atoms with van der Waals surface area (Å²) >= 11 is 0. The van der Waals surface area contributed by atoms with E-state index in [0.29, 0.717) is 12.1 Å². The Morgan fingerprint density at radius 2 is 1.95 bits per heavy atom. The summed E-state index contributed by atoms with van der Waals surface area (Å²) in [5.41, 5.74) is 8.06. The largest absolute Gasteiger partial charge is 0.329 e. The van der Waals surface area contributed by atoms with Crippen LogP contribution in [0, 0.1) is 12.7 Å². The van der Waals surface area contributed by atoms with Crippen LogP contribution in [0.25, 0.3) is 0 Å². The summed E-state index contributed by atoms with van der Waals surface area (Å²) in [6.07, 6.45) is 3.78. The van der Waals surface area contributed by atoms with Crippen molar-refractivity contribution in [2.24, 2.45) is 5.73 Å². The Balaban J connectivity index is 2.14. The van der Waals surface area contributed by atoms with Gasteiger partial charge in [0.1, 0.15) is 5.82 Å². The van der Waals surface area contributed by atoms with Crippen LogP contribution < -0.4 is 5.73 Å². The Bertz CT molecular complexity index is 483. The molecule has 1 aromatic rings. The molecule has 0 spiro atoms. The minimum absolute atomic E-state index is 0.140. The number of hydrogen-bond donors (Lipinski definition) is 1. The molecule has 1 atom stereocenters. The molecule has 3 nitrogen and oxygen atoms in total. The summed E-state index contributed by atoms with van der Waals surface area (Å²) in [7, 11) is 6.44. The van der Waals surface area contributed by atoms with Crippen molar-refractivity contribution in [3.63, 3.8) is 0 Å². The van der Waals surface area contributed by atoms with Crippen LogP contribution >= 0.6 is 0 Å². The summed E-state index contributed by atoms with van der Waals surface area (Å²) in [6.45, 7) is 3.35. The maximum atomic E-state index is 13.5. The smallest absolute Gasteiger partial charge is 0.126 e. The molecule has 0 heterocycles. The van der Waals surface area contributed by atoms with Gasteiger partial charge in [-0.05, 0) is 64.5 Å². The first-order chi connectivity index (χ1) is 9.89. The molecule has 0 bridgehead atoms. The predicted molar refractivity (Wildman–Crippen MR) is 85.8 cm³/mol. The summed E-state index contributed by atoms with van der Waals surface area (Å²) in [5, 5.41) is 0. The molecule has 0 aliphatic heterocycles. The monoisotopic (exact) mass is 293 g/mol. The molecule has 1 saturated carbocycles. The quantitative estimate of drug-likeness (QED) is 0.875. The molecule has 1 aliphatic rings. The Labute approximate surface area is 127 Å². The number of rotatable bonds is 6. The first-order valence-electron chi connectivity index (χ1n) is 7.73. The summed E-state index contributed by atoms with van der Waals surface area (Å²) in [4.78, 5) is 4.67. The van der Waals surface area contributed by atoms with Crippen LogP contribution in [0.3, 0.4) is 0 Å². The first-order valence-corrected chi connectivity index (χ1v) is 7.73. The highest BCUT2D eigenvalue weighted by Crippen LogP contribution is 2.38. The van der Waals surface area contributed by atoms with E-state index in [1.54, 1.807) is 13.0 Å². The van der Waals surface area contributed by atoms with Gasteiger partial charge in [0.05, 0.1) is 0 Å². The number of nitrogens with zero attached hydrogens (tertiary/aromatic N) is 2. The number of nitrogens with two attached hydrogens (primary N) is 1. The zero-order valence-corrected chi connectivity index (χ0v) is 13.7. The van der Waals surface area contributed by atoms with Crippen LogP contribution in [0.15, 0.2) is 18.2 Å². The van der Waals surface area contributed by atoms with Gasteiger partial charge in [0.2, 0.25) is 0 Å². The molecular formula is C17H28FN3. The number of benzene rings is 1. The Morgan fingerprint density at radius 1 is 1.29 bits per heavy atom. The molecule has 0 aromatic heterocycles. The van der Waals surface area contributed by atoms with Gasteiger partial charge in [-0.15, -0.1) is 0 Å². The van der Waals surface area contributed by atoms with Gasteiger partial charge in [0.25, 0.3) is 0 Å². The van der Waals surface area contributed by atoms with Crippen molar-refractivity contribution in [1.82, 2.24) is 9.80 Å². The van der Waals surface area contributed by atoms with Gasteiger partial charge < -0.3 is 10.6 Å². The van der Waals surface area contributed by atoms with Crippen LogP contribution in [-0.2, 0) is 0 Å². The molecule has 1 aliphatic carbocycles. The van der Waals surface area contributed by atoms with Gasteiger partial charge >= 0.3 is 0 Å². The second-order valence-electron chi connectivity index (χ2n) is 6.65. The molecule has 0 amide bonds. The van der Waals surface area contributed by atoms with Gasteiger partial charge in [-0.2, -0.15) is 0 Å². The van der Waals surface area contributed by atoms with Crippen molar-refractivity contribution in [1.29, 1.82) is 0 Å². The van der Waals surface area contributed by atoms with Crippen LogP contribution in [0.1, 0.15) is 36.4 Å². The molecule has 21 heavy (non-hydrogen) atoms. The van der Waals surface area contributed by atoms with Crippen molar-refractivity contribution in [3.05, 3.63) is 35.1 Å².